The van der Waals surface area contributed by atoms with Gasteiger partial charge in [-0.15, -0.1) is 0 Å². The summed E-state index contributed by atoms with van der Waals surface area (Å²) in [5.41, 5.74) is 1.10. The summed E-state index contributed by atoms with van der Waals surface area (Å²) in [7, 11) is -4.76. The van der Waals surface area contributed by atoms with E-state index in [2.05, 4.69) is 32.9 Å². The summed E-state index contributed by atoms with van der Waals surface area (Å²) in [6, 6.07) is 0. The fourth-order valence-electron chi connectivity index (χ4n) is 2.76. The number of esters is 1. The molecule has 0 aromatic heterocycles. The van der Waals surface area contributed by atoms with Gasteiger partial charge in [0.05, 0.1) is 12.8 Å². The van der Waals surface area contributed by atoms with Crippen LogP contribution in [0.15, 0.2) is 34.9 Å². The molecule has 3 N–H and O–H groups in total. The molecule has 0 saturated heterocycles. The Morgan fingerprint density at radius 1 is 0.966 bits per heavy atom. The molecule has 0 aromatic rings. The van der Waals surface area contributed by atoms with Crippen molar-refractivity contribution in [3.63, 3.8) is 0 Å². The van der Waals surface area contributed by atoms with Gasteiger partial charge in [-0.3, -0.25) is 14.2 Å². The Hall–Kier alpha value is -1.69. The minimum atomic E-state index is -4.76. The lowest BCUT2D eigenvalue weighted by Crippen LogP contribution is -2.43. The van der Waals surface area contributed by atoms with Crippen LogP contribution in [-0.2, 0) is 18.9 Å². The Kier molecular flexibility index (Phi) is 12.0. The Labute approximate surface area is 173 Å². The fraction of sp³-hybridized carbons (Fsp3) is 0.619. The molecule has 0 aliphatic heterocycles. The lowest BCUT2D eigenvalue weighted by molar-refractivity contribution is -0.166. The van der Waals surface area contributed by atoms with Crippen LogP contribution < -0.4 is 0 Å². The zero-order chi connectivity index (χ0) is 22.7. The number of hydrogen-bond acceptors (Lipinski definition) is 4. The van der Waals surface area contributed by atoms with Crippen LogP contribution in [0.1, 0.15) is 66.7 Å². The monoisotopic (exact) mass is 430 g/mol. The van der Waals surface area contributed by atoms with Crippen LogP contribution in [0.5, 0.6) is 0 Å². The molecule has 0 bridgehead atoms. The van der Waals surface area contributed by atoms with Crippen molar-refractivity contribution in [3.8, 4) is 0 Å². The van der Waals surface area contributed by atoms with Gasteiger partial charge < -0.3 is 19.6 Å². The standard InChI is InChI=1S/C21H35O7P/c1-6-28-20(24)21(19(22)23,15-29(25,26)27)14-13-18(5)12-8-11-17(4)10-7-9-16(2)3/h9,11,13H,6-8,10,12,14-15H2,1-5H3,(H,22,23)(H2,25,26,27). The van der Waals surface area contributed by atoms with Crippen LogP contribution in [-0.4, -0.2) is 39.6 Å². The molecule has 0 saturated carbocycles. The molecule has 0 fully saturated rings. The van der Waals surface area contributed by atoms with E-state index in [4.69, 9.17) is 4.74 Å². The molecular formula is C21H35O7P. The SMILES string of the molecule is CCOC(=O)C(CC=C(C)CCC=C(C)CCC=C(C)C)(CP(=O)(O)O)C(=O)O. The van der Waals surface area contributed by atoms with Gasteiger partial charge in [0.15, 0.2) is 5.41 Å². The van der Waals surface area contributed by atoms with Crippen molar-refractivity contribution in [2.45, 2.75) is 66.7 Å². The molecule has 0 amide bonds. The van der Waals surface area contributed by atoms with Gasteiger partial charge in [0, 0.05) is 0 Å². The highest BCUT2D eigenvalue weighted by Crippen LogP contribution is 2.45. The first-order valence-corrected chi connectivity index (χ1v) is 11.5. The number of carbonyl (C=O) groups excluding carboxylic acids is 1. The van der Waals surface area contributed by atoms with Gasteiger partial charge >= 0.3 is 19.5 Å². The molecule has 29 heavy (non-hydrogen) atoms. The van der Waals surface area contributed by atoms with E-state index in [1.165, 1.54) is 18.1 Å². The zero-order valence-corrected chi connectivity index (χ0v) is 19.0. The highest BCUT2D eigenvalue weighted by atomic mass is 31.2. The molecular weight excluding hydrogens is 395 g/mol. The maximum absolute atomic E-state index is 12.3. The molecule has 8 heteroatoms. The molecule has 1 unspecified atom stereocenters. The predicted molar refractivity (Wildman–Crippen MR) is 114 cm³/mol. The van der Waals surface area contributed by atoms with Crippen molar-refractivity contribution >= 4 is 19.5 Å². The van der Waals surface area contributed by atoms with Crippen LogP contribution in [0.2, 0.25) is 0 Å². The van der Waals surface area contributed by atoms with Crippen molar-refractivity contribution < 1.29 is 33.8 Å². The minimum absolute atomic E-state index is 0.0749. The molecule has 0 aromatic carbocycles. The Morgan fingerprint density at radius 2 is 1.48 bits per heavy atom. The summed E-state index contributed by atoms with van der Waals surface area (Å²) in [6.07, 6.45) is 7.83. The minimum Gasteiger partial charge on any atom is -0.480 e. The van der Waals surface area contributed by atoms with Crippen molar-refractivity contribution in [2.24, 2.45) is 5.41 Å². The first-order valence-electron chi connectivity index (χ1n) is 9.74. The normalized spacial score (nSPS) is 14.9. The number of hydrogen-bond donors (Lipinski definition) is 3. The summed E-state index contributed by atoms with van der Waals surface area (Å²) in [5, 5.41) is 9.58. The third-order valence-electron chi connectivity index (χ3n) is 4.47. The third-order valence-corrected chi connectivity index (χ3v) is 5.42. The lowest BCUT2D eigenvalue weighted by Gasteiger charge is -2.26. The quantitative estimate of drug-likeness (QED) is 0.169. The first kappa shape index (κ1) is 27.3. The number of aliphatic carboxylic acids is 1. The topological polar surface area (TPSA) is 121 Å². The molecule has 0 spiro atoms. The zero-order valence-electron chi connectivity index (χ0n) is 18.1. The summed E-state index contributed by atoms with van der Waals surface area (Å²) >= 11 is 0. The smallest absolute Gasteiger partial charge is 0.327 e. The second-order valence-electron chi connectivity index (χ2n) is 7.59. The van der Waals surface area contributed by atoms with Crippen molar-refractivity contribution in [1.82, 2.24) is 0 Å². The average molecular weight is 430 g/mol. The third kappa shape index (κ3) is 11.2. The number of carboxylic acids is 1. The summed E-state index contributed by atoms with van der Waals surface area (Å²) in [6.45, 7) is 9.43. The molecule has 0 heterocycles. The number of carbonyl (C=O) groups is 2. The van der Waals surface area contributed by atoms with Crippen molar-refractivity contribution in [1.29, 1.82) is 0 Å². The Balaban J connectivity index is 5.18. The molecule has 7 nitrogen and oxygen atoms in total. The maximum atomic E-state index is 12.3. The highest BCUT2D eigenvalue weighted by Gasteiger charge is 2.51. The van der Waals surface area contributed by atoms with Gasteiger partial charge in [-0.05, 0) is 66.7 Å². The van der Waals surface area contributed by atoms with Crippen molar-refractivity contribution in [2.75, 3.05) is 12.8 Å². The van der Waals surface area contributed by atoms with Crippen LogP contribution >= 0.6 is 7.60 Å². The largest absolute Gasteiger partial charge is 0.480 e. The molecule has 0 aliphatic rings. The molecule has 0 aliphatic carbocycles. The van der Waals surface area contributed by atoms with E-state index in [0.717, 1.165) is 24.8 Å². The van der Waals surface area contributed by atoms with Crippen molar-refractivity contribution in [3.05, 3.63) is 34.9 Å². The molecule has 166 valence electrons. The summed E-state index contributed by atoms with van der Waals surface area (Å²) in [4.78, 5) is 42.6. The van der Waals surface area contributed by atoms with Gasteiger partial charge in [-0.25, -0.2) is 0 Å². The average Bonchev–Trinajstić information content (AvgIpc) is 2.57. The summed E-state index contributed by atoms with van der Waals surface area (Å²) < 4.78 is 16.3. The van der Waals surface area contributed by atoms with Crippen LogP contribution in [0.25, 0.3) is 0 Å². The van der Waals surface area contributed by atoms with E-state index >= 15 is 0 Å². The second-order valence-corrected chi connectivity index (χ2v) is 9.24. The van der Waals surface area contributed by atoms with Gasteiger partial charge in [-0.2, -0.15) is 0 Å². The van der Waals surface area contributed by atoms with Crippen LogP contribution in [0.3, 0.4) is 0 Å². The number of carboxylic acid groups (broad SMARTS) is 1. The maximum Gasteiger partial charge on any atom is 0.327 e. The van der Waals surface area contributed by atoms with Crippen LogP contribution in [0.4, 0.5) is 0 Å². The van der Waals surface area contributed by atoms with E-state index in [1.807, 2.05) is 6.92 Å². The lowest BCUT2D eigenvalue weighted by atomic mass is 9.85. The van der Waals surface area contributed by atoms with E-state index in [1.54, 1.807) is 6.08 Å². The fourth-order valence-corrected chi connectivity index (χ4v) is 3.86. The molecule has 1 atom stereocenters. The Bertz CT molecular complexity index is 696. The predicted octanol–water partition coefficient (Wildman–Crippen LogP) is 4.61. The van der Waals surface area contributed by atoms with E-state index in [-0.39, 0.29) is 13.0 Å². The summed E-state index contributed by atoms with van der Waals surface area (Å²) in [5.74, 6) is -2.73. The van der Waals surface area contributed by atoms with Gasteiger partial charge in [0.2, 0.25) is 0 Å². The second kappa shape index (κ2) is 12.8. The number of ether oxygens (including phenoxy) is 1. The van der Waals surface area contributed by atoms with E-state index < -0.39 is 31.1 Å². The number of allylic oxidation sites excluding steroid dienone is 6. The van der Waals surface area contributed by atoms with Crippen LogP contribution in [0, 0.1) is 5.41 Å². The highest BCUT2D eigenvalue weighted by molar-refractivity contribution is 7.51. The van der Waals surface area contributed by atoms with Gasteiger partial charge in [0.1, 0.15) is 0 Å². The molecule has 0 radical (unpaired) electrons. The van der Waals surface area contributed by atoms with E-state index in [0.29, 0.717) is 6.42 Å². The molecule has 0 rings (SSSR count). The Morgan fingerprint density at radius 3 is 1.93 bits per heavy atom. The van der Waals surface area contributed by atoms with Gasteiger partial charge in [-0.1, -0.05) is 34.9 Å². The first-order chi connectivity index (χ1) is 13.3. The van der Waals surface area contributed by atoms with Gasteiger partial charge in [0.25, 0.3) is 0 Å². The van der Waals surface area contributed by atoms with E-state index in [9.17, 15) is 29.0 Å². The number of rotatable bonds is 13.